The maximum absolute atomic E-state index is 6.28. The molecule has 2 unspecified atom stereocenters. The number of aromatic nitrogens is 2. The average Bonchev–Trinajstić information content (AvgIpc) is 3.17. The van der Waals surface area contributed by atoms with Crippen molar-refractivity contribution in [1.82, 2.24) is 10.1 Å². The van der Waals surface area contributed by atoms with Gasteiger partial charge in [0.05, 0.1) is 6.61 Å². The quantitative estimate of drug-likeness (QED) is 0.912. The highest BCUT2D eigenvalue weighted by Crippen LogP contribution is 2.33. The SMILES string of the molecule is NC1(c2nc(C3CCc4ccccc4C3)no2)CCOC1. The van der Waals surface area contributed by atoms with Gasteiger partial charge in [-0.05, 0) is 36.8 Å². The number of nitrogens with two attached hydrogens (primary N) is 1. The molecule has 5 heteroatoms. The van der Waals surface area contributed by atoms with Crippen LogP contribution in [0.5, 0.6) is 0 Å². The fourth-order valence-electron chi connectivity index (χ4n) is 3.27. The average molecular weight is 285 g/mol. The van der Waals surface area contributed by atoms with Crippen molar-refractivity contribution in [1.29, 1.82) is 0 Å². The lowest BCUT2D eigenvalue weighted by atomic mass is 9.83. The zero-order chi connectivity index (χ0) is 14.3. The van der Waals surface area contributed by atoms with Gasteiger partial charge in [0.25, 0.3) is 0 Å². The van der Waals surface area contributed by atoms with Gasteiger partial charge in [0.1, 0.15) is 5.54 Å². The molecule has 1 fully saturated rings. The van der Waals surface area contributed by atoms with Gasteiger partial charge in [0.15, 0.2) is 5.82 Å². The predicted octanol–water partition coefficient (Wildman–Crippen LogP) is 1.92. The van der Waals surface area contributed by atoms with Gasteiger partial charge >= 0.3 is 0 Å². The fraction of sp³-hybridized carbons (Fsp3) is 0.500. The Morgan fingerprint density at radius 3 is 2.90 bits per heavy atom. The summed E-state index contributed by atoms with van der Waals surface area (Å²) in [4.78, 5) is 4.58. The maximum Gasteiger partial charge on any atom is 0.249 e. The van der Waals surface area contributed by atoms with Crippen molar-refractivity contribution in [2.75, 3.05) is 13.2 Å². The zero-order valence-corrected chi connectivity index (χ0v) is 11.9. The minimum atomic E-state index is -0.599. The van der Waals surface area contributed by atoms with E-state index in [2.05, 4.69) is 34.4 Å². The van der Waals surface area contributed by atoms with E-state index in [1.807, 2.05) is 0 Å². The Balaban J connectivity index is 1.57. The molecular weight excluding hydrogens is 266 g/mol. The van der Waals surface area contributed by atoms with Crippen molar-refractivity contribution < 1.29 is 9.26 Å². The smallest absolute Gasteiger partial charge is 0.249 e. The summed E-state index contributed by atoms with van der Waals surface area (Å²) in [6.45, 7) is 1.12. The van der Waals surface area contributed by atoms with Gasteiger partial charge in [-0.25, -0.2) is 0 Å². The molecule has 110 valence electrons. The summed E-state index contributed by atoms with van der Waals surface area (Å²) < 4.78 is 10.8. The van der Waals surface area contributed by atoms with Crippen LogP contribution < -0.4 is 5.73 Å². The fourth-order valence-corrected chi connectivity index (χ4v) is 3.27. The number of benzene rings is 1. The van der Waals surface area contributed by atoms with Crippen molar-refractivity contribution in [3.63, 3.8) is 0 Å². The number of aryl methyl sites for hydroxylation is 1. The van der Waals surface area contributed by atoms with Crippen LogP contribution >= 0.6 is 0 Å². The number of fused-ring (bicyclic) bond motifs is 1. The Labute approximate surface area is 123 Å². The van der Waals surface area contributed by atoms with Crippen molar-refractivity contribution in [3.05, 3.63) is 47.1 Å². The molecular formula is C16H19N3O2. The molecule has 1 saturated heterocycles. The molecule has 4 rings (SSSR count). The minimum absolute atomic E-state index is 0.323. The van der Waals surface area contributed by atoms with E-state index in [9.17, 15) is 0 Å². The molecule has 1 aromatic heterocycles. The van der Waals surface area contributed by atoms with E-state index in [-0.39, 0.29) is 0 Å². The van der Waals surface area contributed by atoms with E-state index in [4.69, 9.17) is 15.0 Å². The Morgan fingerprint density at radius 1 is 1.24 bits per heavy atom. The first-order chi connectivity index (χ1) is 10.2. The number of hydrogen-bond acceptors (Lipinski definition) is 5. The molecule has 2 aliphatic rings. The second-order valence-electron chi connectivity index (χ2n) is 6.12. The maximum atomic E-state index is 6.28. The molecule has 2 aromatic rings. The molecule has 21 heavy (non-hydrogen) atoms. The summed E-state index contributed by atoms with van der Waals surface area (Å²) in [5.74, 6) is 1.63. The third-order valence-corrected chi connectivity index (χ3v) is 4.63. The van der Waals surface area contributed by atoms with E-state index in [0.717, 1.165) is 31.5 Å². The van der Waals surface area contributed by atoms with Gasteiger partial charge < -0.3 is 15.0 Å². The minimum Gasteiger partial charge on any atom is -0.379 e. The normalized spacial score (nSPS) is 28.5. The van der Waals surface area contributed by atoms with Crippen LogP contribution in [0.2, 0.25) is 0 Å². The monoisotopic (exact) mass is 285 g/mol. The Kier molecular flexibility index (Phi) is 3.05. The van der Waals surface area contributed by atoms with Gasteiger partial charge in [0.2, 0.25) is 5.89 Å². The summed E-state index contributed by atoms with van der Waals surface area (Å²) in [7, 11) is 0. The molecule has 1 aromatic carbocycles. The van der Waals surface area contributed by atoms with E-state index < -0.39 is 5.54 Å². The van der Waals surface area contributed by atoms with Crippen LogP contribution in [0.1, 0.15) is 41.6 Å². The Bertz CT molecular complexity index is 646. The third kappa shape index (κ3) is 2.26. The Morgan fingerprint density at radius 2 is 2.10 bits per heavy atom. The van der Waals surface area contributed by atoms with Gasteiger partial charge in [-0.3, -0.25) is 0 Å². The van der Waals surface area contributed by atoms with Gasteiger partial charge in [0, 0.05) is 12.5 Å². The summed E-state index contributed by atoms with van der Waals surface area (Å²) in [6.07, 6.45) is 3.84. The van der Waals surface area contributed by atoms with E-state index >= 15 is 0 Å². The largest absolute Gasteiger partial charge is 0.379 e. The summed E-state index contributed by atoms with van der Waals surface area (Å²) in [5.41, 5.74) is 8.52. The van der Waals surface area contributed by atoms with Gasteiger partial charge in [-0.1, -0.05) is 29.4 Å². The first-order valence-corrected chi connectivity index (χ1v) is 7.52. The molecule has 2 N–H and O–H groups in total. The topological polar surface area (TPSA) is 74.2 Å². The van der Waals surface area contributed by atoms with E-state index in [1.54, 1.807) is 0 Å². The van der Waals surface area contributed by atoms with E-state index in [1.165, 1.54) is 11.1 Å². The first kappa shape index (κ1) is 13.0. The molecule has 1 aliphatic heterocycles. The lowest BCUT2D eigenvalue weighted by molar-refractivity contribution is 0.166. The molecule has 0 saturated carbocycles. The Hall–Kier alpha value is -1.72. The van der Waals surface area contributed by atoms with Crippen molar-refractivity contribution in [2.24, 2.45) is 5.73 Å². The van der Waals surface area contributed by atoms with Crippen LogP contribution in [-0.2, 0) is 23.1 Å². The van der Waals surface area contributed by atoms with E-state index in [0.29, 0.717) is 25.0 Å². The number of rotatable bonds is 2. The van der Waals surface area contributed by atoms with Crippen LogP contribution in [0.25, 0.3) is 0 Å². The number of nitrogens with zero attached hydrogens (tertiary/aromatic N) is 2. The highest BCUT2D eigenvalue weighted by molar-refractivity contribution is 5.31. The molecule has 2 atom stereocenters. The summed E-state index contributed by atoms with van der Waals surface area (Å²) in [5, 5.41) is 4.18. The van der Waals surface area contributed by atoms with Crippen LogP contribution in [0.15, 0.2) is 28.8 Å². The van der Waals surface area contributed by atoms with Gasteiger partial charge in [-0.2, -0.15) is 4.98 Å². The molecule has 5 nitrogen and oxygen atoms in total. The highest BCUT2D eigenvalue weighted by Gasteiger charge is 2.38. The second-order valence-corrected chi connectivity index (χ2v) is 6.12. The van der Waals surface area contributed by atoms with Crippen LogP contribution in [0.3, 0.4) is 0 Å². The predicted molar refractivity (Wildman–Crippen MR) is 76.8 cm³/mol. The van der Waals surface area contributed by atoms with Crippen LogP contribution in [-0.4, -0.2) is 23.4 Å². The molecule has 0 amide bonds. The molecule has 0 radical (unpaired) electrons. The summed E-state index contributed by atoms with van der Waals surface area (Å²) >= 11 is 0. The first-order valence-electron chi connectivity index (χ1n) is 7.52. The highest BCUT2D eigenvalue weighted by atomic mass is 16.5. The van der Waals surface area contributed by atoms with Crippen LogP contribution in [0.4, 0.5) is 0 Å². The van der Waals surface area contributed by atoms with Crippen molar-refractivity contribution >= 4 is 0 Å². The molecule has 0 bridgehead atoms. The molecule has 2 heterocycles. The third-order valence-electron chi connectivity index (χ3n) is 4.63. The van der Waals surface area contributed by atoms with Crippen LogP contribution in [0, 0.1) is 0 Å². The standard InChI is InChI=1S/C16H19N3O2/c17-16(7-8-20-10-16)15-18-14(19-21-15)13-6-5-11-3-1-2-4-12(11)9-13/h1-4,13H,5-10,17H2. The molecule has 1 aliphatic carbocycles. The second kappa shape index (κ2) is 4.93. The van der Waals surface area contributed by atoms with Crippen molar-refractivity contribution in [2.45, 2.75) is 37.1 Å². The zero-order valence-electron chi connectivity index (χ0n) is 11.9. The van der Waals surface area contributed by atoms with Crippen molar-refractivity contribution in [3.8, 4) is 0 Å². The van der Waals surface area contributed by atoms with Gasteiger partial charge in [-0.15, -0.1) is 0 Å². The molecule has 0 spiro atoms. The number of ether oxygens (including phenoxy) is 1. The summed E-state index contributed by atoms with van der Waals surface area (Å²) in [6, 6.07) is 8.59. The lowest BCUT2D eigenvalue weighted by Crippen LogP contribution is -2.37. The lowest BCUT2D eigenvalue weighted by Gasteiger charge is -2.22. The number of hydrogen-bond donors (Lipinski definition) is 1.